The fraction of sp³-hybridized carbons (Fsp3) is 0.364. The Kier molecular flexibility index (Phi) is 4.91. The SMILES string of the molecule is CCC(Nc1ccc(Cl)c([N+](=O)[O-])c1)C(=O)OC. The highest BCUT2D eigenvalue weighted by Gasteiger charge is 2.19. The number of hydrogen-bond donors (Lipinski definition) is 1. The number of hydrogen-bond acceptors (Lipinski definition) is 5. The van der Waals surface area contributed by atoms with Crippen LogP contribution in [0, 0.1) is 10.1 Å². The van der Waals surface area contributed by atoms with E-state index in [0.717, 1.165) is 0 Å². The lowest BCUT2D eigenvalue weighted by Crippen LogP contribution is -2.29. The molecule has 1 rings (SSSR count). The molecule has 1 aromatic rings. The Hall–Kier alpha value is -1.82. The van der Waals surface area contributed by atoms with E-state index in [9.17, 15) is 14.9 Å². The molecule has 0 fully saturated rings. The van der Waals surface area contributed by atoms with Crippen molar-refractivity contribution in [3.05, 3.63) is 33.3 Å². The van der Waals surface area contributed by atoms with E-state index < -0.39 is 16.9 Å². The molecule has 0 aliphatic heterocycles. The molecule has 98 valence electrons. The van der Waals surface area contributed by atoms with E-state index in [1.54, 1.807) is 13.0 Å². The van der Waals surface area contributed by atoms with Gasteiger partial charge >= 0.3 is 5.97 Å². The molecular weight excluding hydrogens is 260 g/mol. The average molecular weight is 273 g/mol. The summed E-state index contributed by atoms with van der Waals surface area (Å²) in [5.41, 5.74) is 0.240. The molecule has 0 spiro atoms. The molecule has 1 N–H and O–H groups in total. The minimum Gasteiger partial charge on any atom is -0.467 e. The smallest absolute Gasteiger partial charge is 0.328 e. The lowest BCUT2D eigenvalue weighted by atomic mass is 10.2. The number of nitrogens with zero attached hydrogens (tertiary/aromatic N) is 1. The molecule has 6 nitrogen and oxygen atoms in total. The van der Waals surface area contributed by atoms with Gasteiger partial charge in [-0.25, -0.2) is 4.79 Å². The molecular formula is C11H13ClN2O4. The molecule has 7 heteroatoms. The van der Waals surface area contributed by atoms with E-state index >= 15 is 0 Å². The third-order valence-electron chi connectivity index (χ3n) is 2.38. The molecule has 0 aliphatic carbocycles. The van der Waals surface area contributed by atoms with Gasteiger partial charge in [-0.2, -0.15) is 0 Å². The predicted molar refractivity (Wildman–Crippen MR) is 67.8 cm³/mol. The maximum atomic E-state index is 11.4. The molecule has 1 atom stereocenters. The Morgan fingerprint density at radius 1 is 1.61 bits per heavy atom. The van der Waals surface area contributed by atoms with Crippen molar-refractivity contribution in [2.24, 2.45) is 0 Å². The number of carbonyl (C=O) groups excluding carboxylic acids is 1. The lowest BCUT2D eigenvalue weighted by molar-refractivity contribution is -0.384. The van der Waals surface area contributed by atoms with Crippen LogP contribution in [0.25, 0.3) is 0 Å². The van der Waals surface area contributed by atoms with Crippen LogP contribution in [0.3, 0.4) is 0 Å². The van der Waals surface area contributed by atoms with Crippen LogP contribution in [0.15, 0.2) is 18.2 Å². The number of carbonyl (C=O) groups is 1. The second-order valence-electron chi connectivity index (χ2n) is 3.55. The first-order chi connectivity index (χ1) is 8.49. The molecule has 18 heavy (non-hydrogen) atoms. The van der Waals surface area contributed by atoms with Gasteiger partial charge in [0.2, 0.25) is 0 Å². The number of anilines is 1. The minimum absolute atomic E-state index is 0.0525. The van der Waals surface area contributed by atoms with Gasteiger partial charge in [-0.05, 0) is 18.6 Å². The number of halogens is 1. The first-order valence-electron chi connectivity index (χ1n) is 5.27. The molecule has 1 aromatic carbocycles. The van der Waals surface area contributed by atoms with Crippen LogP contribution in [0.1, 0.15) is 13.3 Å². The van der Waals surface area contributed by atoms with Crippen molar-refractivity contribution in [3.63, 3.8) is 0 Å². The summed E-state index contributed by atoms with van der Waals surface area (Å²) in [7, 11) is 1.29. The molecule has 0 amide bonds. The number of nitro groups is 1. The Balaban J connectivity index is 2.94. The van der Waals surface area contributed by atoms with Crippen molar-refractivity contribution < 1.29 is 14.5 Å². The maximum Gasteiger partial charge on any atom is 0.328 e. The summed E-state index contributed by atoms with van der Waals surface area (Å²) in [4.78, 5) is 21.5. The monoisotopic (exact) mass is 272 g/mol. The van der Waals surface area contributed by atoms with Crippen molar-refractivity contribution in [3.8, 4) is 0 Å². The Morgan fingerprint density at radius 3 is 2.78 bits per heavy atom. The van der Waals surface area contributed by atoms with E-state index in [2.05, 4.69) is 10.1 Å². The zero-order valence-corrected chi connectivity index (χ0v) is 10.7. The van der Waals surface area contributed by atoms with Crippen LogP contribution in [0.5, 0.6) is 0 Å². The highest BCUT2D eigenvalue weighted by atomic mass is 35.5. The van der Waals surface area contributed by atoms with Gasteiger partial charge in [-0.1, -0.05) is 18.5 Å². The van der Waals surface area contributed by atoms with Gasteiger partial charge in [0.15, 0.2) is 0 Å². The van der Waals surface area contributed by atoms with Crippen molar-refractivity contribution in [2.75, 3.05) is 12.4 Å². The maximum absolute atomic E-state index is 11.4. The van der Waals surface area contributed by atoms with Gasteiger partial charge in [0.05, 0.1) is 12.0 Å². The number of nitro benzene ring substituents is 1. The van der Waals surface area contributed by atoms with E-state index in [1.807, 2.05) is 0 Å². The number of benzene rings is 1. The van der Waals surface area contributed by atoms with Crippen LogP contribution < -0.4 is 5.32 Å². The summed E-state index contributed by atoms with van der Waals surface area (Å²) in [5.74, 6) is -0.421. The van der Waals surface area contributed by atoms with Crippen LogP contribution >= 0.6 is 11.6 Å². The average Bonchev–Trinajstić information content (AvgIpc) is 2.36. The zero-order chi connectivity index (χ0) is 13.7. The van der Waals surface area contributed by atoms with Gasteiger partial charge in [0.1, 0.15) is 11.1 Å². The highest BCUT2D eigenvalue weighted by molar-refractivity contribution is 6.32. The second-order valence-corrected chi connectivity index (χ2v) is 3.96. The van der Waals surface area contributed by atoms with Gasteiger partial charge in [-0.3, -0.25) is 10.1 Å². The second kappa shape index (κ2) is 6.20. The first-order valence-corrected chi connectivity index (χ1v) is 5.65. The van der Waals surface area contributed by atoms with Crippen molar-refractivity contribution in [1.82, 2.24) is 0 Å². The van der Waals surface area contributed by atoms with Crippen LogP contribution in [-0.4, -0.2) is 24.0 Å². The van der Waals surface area contributed by atoms with E-state index in [4.69, 9.17) is 11.6 Å². The standard InChI is InChI=1S/C11H13ClN2O4/c1-3-9(11(15)18-2)13-7-4-5-8(12)10(6-7)14(16)17/h4-6,9,13H,3H2,1-2H3. The van der Waals surface area contributed by atoms with Gasteiger partial charge in [-0.15, -0.1) is 0 Å². The Morgan fingerprint density at radius 2 is 2.28 bits per heavy atom. The van der Waals surface area contributed by atoms with Gasteiger partial charge in [0.25, 0.3) is 5.69 Å². The summed E-state index contributed by atoms with van der Waals surface area (Å²) < 4.78 is 4.62. The molecule has 0 saturated heterocycles. The van der Waals surface area contributed by atoms with Crippen LogP contribution in [0.2, 0.25) is 5.02 Å². The largest absolute Gasteiger partial charge is 0.467 e. The molecule has 0 radical (unpaired) electrons. The number of rotatable bonds is 5. The lowest BCUT2D eigenvalue weighted by Gasteiger charge is -2.15. The van der Waals surface area contributed by atoms with Crippen LogP contribution in [0.4, 0.5) is 11.4 Å². The Bertz CT molecular complexity index is 464. The van der Waals surface area contributed by atoms with Gasteiger partial charge < -0.3 is 10.1 Å². The molecule has 0 bridgehead atoms. The number of esters is 1. The van der Waals surface area contributed by atoms with Crippen molar-refractivity contribution >= 4 is 28.9 Å². The fourth-order valence-corrected chi connectivity index (χ4v) is 1.60. The van der Waals surface area contributed by atoms with Crippen LogP contribution in [-0.2, 0) is 9.53 Å². The fourth-order valence-electron chi connectivity index (χ4n) is 1.41. The van der Waals surface area contributed by atoms with E-state index in [-0.39, 0.29) is 10.7 Å². The topological polar surface area (TPSA) is 81.5 Å². The third-order valence-corrected chi connectivity index (χ3v) is 2.70. The summed E-state index contributed by atoms with van der Waals surface area (Å²) in [6, 6.07) is 3.72. The summed E-state index contributed by atoms with van der Waals surface area (Å²) in [6.45, 7) is 1.80. The van der Waals surface area contributed by atoms with Crippen molar-refractivity contribution in [2.45, 2.75) is 19.4 Å². The molecule has 0 aromatic heterocycles. The first kappa shape index (κ1) is 14.2. The quantitative estimate of drug-likeness (QED) is 0.506. The minimum atomic E-state index is -0.577. The highest BCUT2D eigenvalue weighted by Crippen LogP contribution is 2.27. The Labute approximate surface area is 109 Å². The molecule has 1 unspecified atom stereocenters. The molecule has 0 saturated carbocycles. The third kappa shape index (κ3) is 3.33. The predicted octanol–water partition coefficient (Wildman–Crippen LogP) is 2.61. The molecule has 0 heterocycles. The number of nitrogens with one attached hydrogen (secondary N) is 1. The summed E-state index contributed by atoms with van der Waals surface area (Å²) in [6.07, 6.45) is 0.503. The summed E-state index contributed by atoms with van der Waals surface area (Å²) in [5, 5.41) is 13.6. The van der Waals surface area contributed by atoms with Crippen molar-refractivity contribution in [1.29, 1.82) is 0 Å². The normalized spacial score (nSPS) is 11.7. The zero-order valence-electron chi connectivity index (χ0n) is 9.97. The number of methoxy groups -OCH3 is 1. The van der Waals surface area contributed by atoms with E-state index in [0.29, 0.717) is 12.1 Å². The van der Waals surface area contributed by atoms with Gasteiger partial charge in [0, 0.05) is 11.8 Å². The number of ether oxygens (including phenoxy) is 1. The summed E-state index contributed by atoms with van der Waals surface area (Å²) >= 11 is 5.69. The van der Waals surface area contributed by atoms with E-state index in [1.165, 1.54) is 19.2 Å². The molecule has 0 aliphatic rings.